The van der Waals surface area contributed by atoms with Gasteiger partial charge in [0.25, 0.3) is 11.8 Å². The second kappa shape index (κ2) is 8.69. The molecule has 0 aliphatic heterocycles. The number of aldehydes is 2. The van der Waals surface area contributed by atoms with E-state index in [-0.39, 0.29) is 18.4 Å². The van der Waals surface area contributed by atoms with Crippen molar-refractivity contribution >= 4 is 24.4 Å². The van der Waals surface area contributed by atoms with Crippen LogP contribution in [0.1, 0.15) is 71.1 Å². The topological polar surface area (TPSA) is 115 Å². The zero-order valence-electron chi connectivity index (χ0n) is 16.9. The molecule has 2 rings (SSSR count). The number of carbonyl (C=O) groups is 4. The third-order valence-electron chi connectivity index (χ3n) is 4.97. The van der Waals surface area contributed by atoms with Gasteiger partial charge < -0.3 is 20.2 Å². The van der Waals surface area contributed by atoms with E-state index < -0.39 is 0 Å². The average molecular weight is 386 g/mol. The molecule has 0 atom stereocenters. The zero-order chi connectivity index (χ0) is 21.0. The van der Waals surface area contributed by atoms with E-state index in [1.165, 1.54) is 0 Å². The molecular formula is C20H26N4O4. The van der Waals surface area contributed by atoms with Gasteiger partial charge in [0.15, 0.2) is 12.6 Å². The first-order valence-corrected chi connectivity index (χ1v) is 9.12. The standard InChI is InChI=1S/C20H26N4O4/c1-6-24(20(28)18-12(3)16(10-26)23-14(18)5)8-7-21-19(27)17-11(2)15(9-25)22-13(17)4/h9-10,22-23H,6-8H2,1-5H3,(H,21,27). The van der Waals surface area contributed by atoms with Gasteiger partial charge in [0, 0.05) is 31.0 Å². The second-order valence-corrected chi connectivity index (χ2v) is 6.70. The summed E-state index contributed by atoms with van der Waals surface area (Å²) in [5.41, 5.74) is 4.22. The summed E-state index contributed by atoms with van der Waals surface area (Å²) in [7, 11) is 0. The maximum atomic E-state index is 12.9. The van der Waals surface area contributed by atoms with E-state index in [0.29, 0.717) is 70.7 Å². The van der Waals surface area contributed by atoms with Crippen LogP contribution in [-0.4, -0.2) is 58.9 Å². The molecule has 28 heavy (non-hydrogen) atoms. The number of aryl methyl sites for hydroxylation is 2. The van der Waals surface area contributed by atoms with Crippen molar-refractivity contribution in [1.29, 1.82) is 0 Å². The van der Waals surface area contributed by atoms with E-state index in [0.717, 1.165) is 0 Å². The Bertz CT molecular complexity index is 923. The van der Waals surface area contributed by atoms with E-state index in [9.17, 15) is 19.2 Å². The van der Waals surface area contributed by atoms with Crippen molar-refractivity contribution < 1.29 is 19.2 Å². The first kappa shape index (κ1) is 21.1. The molecule has 0 saturated carbocycles. The lowest BCUT2D eigenvalue weighted by atomic mass is 10.1. The number of nitrogens with one attached hydrogen (secondary N) is 3. The molecule has 150 valence electrons. The van der Waals surface area contributed by atoms with Crippen molar-refractivity contribution in [3.05, 3.63) is 45.0 Å². The summed E-state index contributed by atoms with van der Waals surface area (Å²) >= 11 is 0. The molecule has 0 aromatic carbocycles. The highest BCUT2D eigenvalue weighted by Crippen LogP contribution is 2.19. The molecule has 8 nitrogen and oxygen atoms in total. The van der Waals surface area contributed by atoms with Crippen molar-refractivity contribution in [3.63, 3.8) is 0 Å². The molecule has 0 aliphatic rings. The highest BCUT2D eigenvalue weighted by molar-refractivity contribution is 6.00. The Morgan fingerprint density at radius 3 is 1.89 bits per heavy atom. The predicted molar refractivity (Wildman–Crippen MR) is 105 cm³/mol. The normalized spacial score (nSPS) is 10.6. The Morgan fingerprint density at radius 2 is 1.43 bits per heavy atom. The number of amides is 2. The largest absolute Gasteiger partial charge is 0.356 e. The van der Waals surface area contributed by atoms with E-state index in [2.05, 4.69) is 15.3 Å². The quantitative estimate of drug-likeness (QED) is 0.603. The number of carbonyl (C=O) groups excluding carboxylic acids is 4. The van der Waals surface area contributed by atoms with Gasteiger partial charge in [-0.2, -0.15) is 0 Å². The molecule has 0 radical (unpaired) electrons. The lowest BCUT2D eigenvalue weighted by molar-refractivity contribution is 0.0755. The Labute approximate surface area is 163 Å². The van der Waals surface area contributed by atoms with Crippen LogP contribution in [0.3, 0.4) is 0 Å². The average Bonchev–Trinajstić information content (AvgIpc) is 3.12. The number of hydrogen-bond acceptors (Lipinski definition) is 4. The summed E-state index contributed by atoms with van der Waals surface area (Å²) in [5, 5.41) is 2.80. The van der Waals surface area contributed by atoms with Crippen LogP contribution in [0.25, 0.3) is 0 Å². The Morgan fingerprint density at radius 1 is 0.929 bits per heavy atom. The highest BCUT2D eigenvalue weighted by Gasteiger charge is 2.23. The molecule has 2 aromatic rings. The van der Waals surface area contributed by atoms with E-state index in [4.69, 9.17) is 0 Å². The van der Waals surface area contributed by atoms with Crippen molar-refractivity contribution in [2.24, 2.45) is 0 Å². The van der Waals surface area contributed by atoms with Crippen LogP contribution in [0, 0.1) is 27.7 Å². The fraction of sp³-hybridized carbons (Fsp3) is 0.400. The minimum atomic E-state index is -0.292. The number of H-pyrrole nitrogens is 2. The Balaban J connectivity index is 2.07. The smallest absolute Gasteiger partial charge is 0.256 e. The van der Waals surface area contributed by atoms with Gasteiger partial charge in [-0.1, -0.05) is 0 Å². The number of aromatic nitrogens is 2. The van der Waals surface area contributed by atoms with Gasteiger partial charge in [0.05, 0.1) is 22.5 Å². The summed E-state index contributed by atoms with van der Waals surface area (Å²) in [6, 6.07) is 0. The van der Waals surface area contributed by atoms with Crippen LogP contribution in [0.5, 0.6) is 0 Å². The zero-order valence-corrected chi connectivity index (χ0v) is 16.9. The third-order valence-corrected chi connectivity index (χ3v) is 4.97. The number of aromatic amines is 2. The van der Waals surface area contributed by atoms with E-state index in [1.54, 1.807) is 32.6 Å². The van der Waals surface area contributed by atoms with Crippen molar-refractivity contribution in [2.45, 2.75) is 34.6 Å². The van der Waals surface area contributed by atoms with E-state index in [1.807, 2.05) is 6.92 Å². The number of hydrogen-bond donors (Lipinski definition) is 3. The monoisotopic (exact) mass is 386 g/mol. The van der Waals surface area contributed by atoms with E-state index >= 15 is 0 Å². The summed E-state index contributed by atoms with van der Waals surface area (Å²) in [5.74, 6) is -0.478. The molecule has 0 saturated heterocycles. The van der Waals surface area contributed by atoms with Crippen LogP contribution < -0.4 is 5.32 Å². The van der Waals surface area contributed by atoms with Crippen molar-refractivity contribution in [2.75, 3.05) is 19.6 Å². The molecule has 2 amide bonds. The molecular weight excluding hydrogens is 360 g/mol. The van der Waals surface area contributed by atoms with Gasteiger partial charge in [0.2, 0.25) is 0 Å². The van der Waals surface area contributed by atoms with Crippen LogP contribution in [0.2, 0.25) is 0 Å². The van der Waals surface area contributed by atoms with Crippen molar-refractivity contribution in [3.8, 4) is 0 Å². The fourth-order valence-electron chi connectivity index (χ4n) is 3.40. The SMILES string of the molecule is CCN(CCNC(=O)c1c(C)[nH]c(C=O)c1C)C(=O)c1c(C)[nH]c(C=O)c1C. The van der Waals surface area contributed by atoms with Gasteiger partial charge in [-0.05, 0) is 45.7 Å². The fourth-order valence-corrected chi connectivity index (χ4v) is 3.40. The first-order valence-electron chi connectivity index (χ1n) is 9.12. The number of likely N-dealkylation sites (N-methyl/N-ethyl adjacent to an activating group) is 1. The molecule has 2 heterocycles. The minimum Gasteiger partial charge on any atom is -0.356 e. The van der Waals surface area contributed by atoms with Crippen LogP contribution in [0.15, 0.2) is 0 Å². The first-order chi connectivity index (χ1) is 13.3. The molecule has 0 aliphatic carbocycles. The molecule has 0 spiro atoms. The lowest BCUT2D eigenvalue weighted by Crippen LogP contribution is -2.39. The summed E-state index contributed by atoms with van der Waals surface area (Å²) in [4.78, 5) is 54.9. The molecule has 0 unspecified atom stereocenters. The Hall–Kier alpha value is -3.16. The molecule has 0 fully saturated rings. The molecule has 0 bridgehead atoms. The van der Waals surface area contributed by atoms with Gasteiger partial charge in [-0.3, -0.25) is 19.2 Å². The maximum Gasteiger partial charge on any atom is 0.256 e. The summed E-state index contributed by atoms with van der Waals surface area (Å²) in [6.07, 6.45) is 1.39. The van der Waals surface area contributed by atoms with Gasteiger partial charge >= 0.3 is 0 Å². The third kappa shape index (κ3) is 3.90. The predicted octanol–water partition coefficient (Wildman–Crippen LogP) is 2.09. The van der Waals surface area contributed by atoms with Crippen LogP contribution in [-0.2, 0) is 0 Å². The van der Waals surface area contributed by atoms with Gasteiger partial charge in [-0.25, -0.2) is 0 Å². The number of nitrogens with zero attached hydrogens (tertiary/aromatic N) is 1. The van der Waals surface area contributed by atoms with Gasteiger partial charge in [-0.15, -0.1) is 0 Å². The molecule has 3 N–H and O–H groups in total. The van der Waals surface area contributed by atoms with Gasteiger partial charge in [0.1, 0.15) is 0 Å². The Kier molecular flexibility index (Phi) is 6.56. The minimum absolute atomic E-state index is 0.187. The van der Waals surface area contributed by atoms with Crippen LogP contribution >= 0.6 is 0 Å². The summed E-state index contributed by atoms with van der Waals surface area (Å²) < 4.78 is 0. The molecule has 8 heteroatoms. The lowest BCUT2D eigenvalue weighted by Gasteiger charge is -2.21. The number of rotatable bonds is 8. The van der Waals surface area contributed by atoms with Crippen molar-refractivity contribution in [1.82, 2.24) is 20.2 Å². The van der Waals surface area contributed by atoms with Crippen LogP contribution in [0.4, 0.5) is 0 Å². The molecule has 2 aromatic heterocycles. The highest BCUT2D eigenvalue weighted by atomic mass is 16.2. The summed E-state index contributed by atoms with van der Waals surface area (Å²) in [6.45, 7) is 9.85. The second-order valence-electron chi connectivity index (χ2n) is 6.70. The maximum absolute atomic E-state index is 12.9.